The van der Waals surface area contributed by atoms with Crippen LogP contribution in [0.5, 0.6) is 0 Å². The highest BCUT2D eigenvalue weighted by Gasteiger charge is 2.09. The lowest BCUT2D eigenvalue weighted by Crippen LogP contribution is -2.14. The zero-order valence-corrected chi connectivity index (χ0v) is 12.0. The molecular formula is C16H16F2OS. The second-order valence-corrected chi connectivity index (χ2v) is 5.79. The highest BCUT2D eigenvalue weighted by atomic mass is 32.2. The quantitative estimate of drug-likeness (QED) is 0.842. The van der Waals surface area contributed by atoms with Crippen LogP contribution < -0.4 is 0 Å². The molecule has 0 fully saturated rings. The van der Waals surface area contributed by atoms with Crippen LogP contribution in [-0.2, 0) is 6.42 Å². The fraction of sp³-hybridized carbons (Fsp3) is 0.250. The van der Waals surface area contributed by atoms with Gasteiger partial charge in [-0.25, -0.2) is 8.78 Å². The highest BCUT2D eigenvalue weighted by Crippen LogP contribution is 2.21. The van der Waals surface area contributed by atoms with E-state index >= 15 is 0 Å². The Kier molecular flexibility index (Phi) is 5.15. The van der Waals surface area contributed by atoms with E-state index in [1.807, 2.05) is 13.0 Å². The van der Waals surface area contributed by atoms with Crippen molar-refractivity contribution in [3.8, 4) is 0 Å². The van der Waals surface area contributed by atoms with E-state index in [1.54, 1.807) is 12.1 Å². The lowest BCUT2D eigenvalue weighted by molar-refractivity contribution is 0.200. The fourth-order valence-electron chi connectivity index (χ4n) is 1.95. The summed E-state index contributed by atoms with van der Waals surface area (Å²) in [6, 6.07) is 10.8. The van der Waals surface area contributed by atoms with Crippen LogP contribution in [0.1, 0.15) is 11.1 Å². The first-order chi connectivity index (χ1) is 9.54. The summed E-state index contributed by atoms with van der Waals surface area (Å²) in [7, 11) is 0. The number of benzene rings is 2. The normalized spacial score (nSPS) is 12.4. The van der Waals surface area contributed by atoms with Gasteiger partial charge in [-0.15, -0.1) is 11.8 Å². The number of halogens is 2. The summed E-state index contributed by atoms with van der Waals surface area (Å²) in [5, 5.41) is 10.0. The molecule has 1 N–H and O–H groups in total. The van der Waals surface area contributed by atoms with Crippen molar-refractivity contribution in [3.63, 3.8) is 0 Å². The first kappa shape index (κ1) is 15.0. The molecule has 0 aliphatic carbocycles. The van der Waals surface area contributed by atoms with Gasteiger partial charge in [0.15, 0.2) is 0 Å². The molecule has 0 aliphatic rings. The minimum Gasteiger partial charge on any atom is -0.392 e. The highest BCUT2D eigenvalue weighted by molar-refractivity contribution is 7.99. The van der Waals surface area contributed by atoms with Gasteiger partial charge >= 0.3 is 0 Å². The third kappa shape index (κ3) is 4.32. The molecule has 0 bridgehead atoms. The Balaban J connectivity index is 1.90. The van der Waals surface area contributed by atoms with Gasteiger partial charge in [0.1, 0.15) is 11.6 Å². The van der Waals surface area contributed by atoms with Gasteiger partial charge in [-0.3, -0.25) is 0 Å². The molecule has 106 valence electrons. The number of hydrogen-bond donors (Lipinski definition) is 1. The summed E-state index contributed by atoms with van der Waals surface area (Å²) in [6.07, 6.45) is -0.0820. The zero-order valence-electron chi connectivity index (χ0n) is 11.1. The minimum absolute atomic E-state index is 0.269. The maximum absolute atomic E-state index is 13.0. The Morgan fingerprint density at radius 2 is 1.85 bits per heavy atom. The molecule has 20 heavy (non-hydrogen) atoms. The van der Waals surface area contributed by atoms with Crippen LogP contribution in [0.15, 0.2) is 47.4 Å². The molecule has 0 saturated heterocycles. The van der Waals surface area contributed by atoms with Crippen LogP contribution in [0.25, 0.3) is 0 Å². The van der Waals surface area contributed by atoms with Gasteiger partial charge < -0.3 is 5.11 Å². The molecular weight excluding hydrogens is 278 g/mol. The Morgan fingerprint density at radius 3 is 2.55 bits per heavy atom. The van der Waals surface area contributed by atoms with Crippen LogP contribution in [0.2, 0.25) is 0 Å². The van der Waals surface area contributed by atoms with Gasteiger partial charge in [0.25, 0.3) is 0 Å². The number of hydrogen-bond acceptors (Lipinski definition) is 2. The van der Waals surface area contributed by atoms with Gasteiger partial charge in [-0.1, -0.05) is 12.1 Å². The molecule has 0 radical (unpaired) electrons. The molecule has 2 aromatic rings. The third-order valence-corrected chi connectivity index (χ3v) is 4.14. The minimum atomic E-state index is -0.549. The van der Waals surface area contributed by atoms with Crippen molar-refractivity contribution in [2.45, 2.75) is 24.3 Å². The summed E-state index contributed by atoms with van der Waals surface area (Å²) in [5.74, 6) is -0.0750. The molecule has 0 aromatic heterocycles. The summed E-state index contributed by atoms with van der Waals surface area (Å²) < 4.78 is 26.0. The molecule has 2 aromatic carbocycles. The third-order valence-electron chi connectivity index (χ3n) is 3.00. The van der Waals surface area contributed by atoms with Crippen molar-refractivity contribution in [3.05, 3.63) is 65.2 Å². The summed E-state index contributed by atoms with van der Waals surface area (Å²) in [6.45, 7) is 1.82. The zero-order chi connectivity index (χ0) is 14.5. The number of aliphatic hydroxyl groups is 1. The molecule has 0 aliphatic heterocycles. The molecule has 4 heteroatoms. The van der Waals surface area contributed by atoms with Crippen LogP contribution in [-0.4, -0.2) is 17.0 Å². The molecule has 0 spiro atoms. The van der Waals surface area contributed by atoms with Crippen molar-refractivity contribution in [2.75, 3.05) is 5.75 Å². The molecule has 0 amide bonds. The van der Waals surface area contributed by atoms with Gasteiger partial charge in [0.05, 0.1) is 6.10 Å². The van der Waals surface area contributed by atoms with Crippen molar-refractivity contribution in [1.29, 1.82) is 0 Å². The average molecular weight is 294 g/mol. The Hall–Kier alpha value is -1.39. The summed E-state index contributed by atoms with van der Waals surface area (Å²) in [5.41, 5.74) is 1.76. The molecule has 0 saturated carbocycles. The van der Waals surface area contributed by atoms with Gasteiger partial charge in [0.2, 0.25) is 0 Å². The average Bonchev–Trinajstić information content (AvgIpc) is 2.40. The van der Waals surface area contributed by atoms with E-state index < -0.39 is 6.10 Å². The Morgan fingerprint density at radius 1 is 1.10 bits per heavy atom. The fourth-order valence-corrected chi connectivity index (χ4v) is 2.82. The second kappa shape index (κ2) is 6.86. The number of aryl methyl sites for hydroxylation is 1. The first-order valence-corrected chi connectivity index (χ1v) is 7.34. The van der Waals surface area contributed by atoms with E-state index in [9.17, 15) is 13.9 Å². The van der Waals surface area contributed by atoms with Crippen molar-refractivity contribution in [2.24, 2.45) is 0 Å². The summed E-state index contributed by atoms with van der Waals surface area (Å²) >= 11 is 1.41. The van der Waals surface area contributed by atoms with Crippen LogP contribution in [0.3, 0.4) is 0 Å². The number of thioether (sulfide) groups is 1. The topological polar surface area (TPSA) is 20.2 Å². The van der Waals surface area contributed by atoms with Crippen LogP contribution >= 0.6 is 11.8 Å². The van der Waals surface area contributed by atoms with E-state index in [4.69, 9.17) is 0 Å². The first-order valence-electron chi connectivity index (χ1n) is 6.36. The van der Waals surface area contributed by atoms with E-state index in [-0.39, 0.29) is 11.6 Å². The standard InChI is InChI=1S/C16H16F2OS/c1-11-7-14(18)6-5-12(11)8-15(19)10-20-16-4-2-3-13(17)9-16/h2-7,9,15,19H,8,10H2,1H3. The summed E-state index contributed by atoms with van der Waals surface area (Å²) in [4.78, 5) is 0.792. The smallest absolute Gasteiger partial charge is 0.124 e. The Labute approximate surface area is 121 Å². The lowest BCUT2D eigenvalue weighted by Gasteiger charge is -2.12. The maximum Gasteiger partial charge on any atom is 0.124 e. The monoisotopic (exact) mass is 294 g/mol. The van der Waals surface area contributed by atoms with Gasteiger partial charge in [-0.2, -0.15) is 0 Å². The van der Waals surface area contributed by atoms with E-state index in [0.29, 0.717) is 12.2 Å². The number of rotatable bonds is 5. The molecule has 0 heterocycles. The largest absolute Gasteiger partial charge is 0.392 e. The Bertz CT molecular complexity index is 586. The molecule has 1 nitrogen and oxygen atoms in total. The van der Waals surface area contributed by atoms with Crippen LogP contribution in [0, 0.1) is 18.6 Å². The predicted octanol–water partition coefficient (Wildman–Crippen LogP) is 3.97. The van der Waals surface area contributed by atoms with Crippen molar-refractivity contribution < 1.29 is 13.9 Å². The van der Waals surface area contributed by atoms with Crippen molar-refractivity contribution in [1.82, 2.24) is 0 Å². The van der Waals surface area contributed by atoms with Gasteiger partial charge in [-0.05, 0) is 54.8 Å². The number of aliphatic hydroxyl groups excluding tert-OH is 1. The maximum atomic E-state index is 13.0. The second-order valence-electron chi connectivity index (χ2n) is 4.70. The molecule has 1 unspecified atom stereocenters. The van der Waals surface area contributed by atoms with E-state index in [1.165, 1.54) is 36.0 Å². The lowest BCUT2D eigenvalue weighted by atomic mass is 10.0. The van der Waals surface area contributed by atoms with E-state index in [2.05, 4.69) is 0 Å². The molecule has 1 atom stereocenters. The van der Waals surface area contributed by atoms with E-state index in [0.717, 1.165) is 16.0 Å². The SMILES string of the molecule is Cc1cc(F)ccc1CC(O)CSc1cccc(F)c1. The molecule has 2 rings (SSSR count). The van der Waals surface area contributed by atoms with Crippen LogP contribution in [0.4, 0.5) is 8.78 Å². The predicted molar refractivity (Wildman–Crippen MR) is 78.0 cm³/mol. The van der Waals surface area contributed by atoms with Crippen molar-refractivity contribution >= 4 is 11.8 Å². The van der Waals surface area contributed by atoms with Gasteiger partial charge in [0, 0.05) is 10.6 Å².